The zero-order chi connectivity index (χ0) is 14.5. The van der Waals surface area contributed by atoms with Gasteiger partial charge in [0.05, 0.1) is 22.6 Å². The van der Waals surface area contributed by atoms with Crippen LogP contribution in [0.4, 0.5) is 10.5 Å². The number of pyridine rings is 1. The molecule has 0 unspecified atom stereocenters. The summed E-state index contributed by atoms with van der Waals surface area (Å²) in [5.41, 5.74) is 1.09. The van der Waals surface area contributed by atoms with Crippen LogP contribution in [0.3, 0.4) is 0 Å². The third kappa shape index (κ3) is 3.36. The summed E-state index contributed by atoms with van der Waals surface area (Å²) in [5, 5.41) is 14.8. The third-order valence-electron chi connectivity index (χ3n) is 2.59. The van der Waals surface area contributed by atoms with Crippen molar-refractivity contribution in [1.29, 1.82) is 0 Å². The Labute approximate surface area is 119 Å². The minimum atomic E-state index is -0.969. The molecular weight excluding hydrogens is 282 g/mol. The lowest BCUT2D eigenvalue weighted by molar-refractivity contribution is -0.136. The summed E-state index contributed by atoms with van der Waals surface area (Å²) in [6.07, 6.45) is 1.47. The number of rotatable bonds is 4. The second-order valence-electron chi connectivity index (χ2n) is 4.02. The van der Waals surface area contributed by atoms with E-state index in [0.29, 0.717) is 16.2 Å². The molecule has 2 aromatic rings. The van der Waals surface area contributed by atoms with Gasteiger partial charge in [-0.15, -0.1) is 0 Å². The van der Waals surface area contributed by atoms with E-state index in [9.17, 15) is 9.59 Å². The van der Waals surface area contributed by atoms with Crippen LogP contribution >= 0.6 is 11.6 Å². The van der Waals surface area contributed by atoms with Crippen molar-refractivity contribution in [1.82, 2.24) is 10.3 Å². The first-order chi connectivity index (χ1) is 9.58. The quantitative estimate of drug-likeness (QED) is 0.807. The topological polar surface area (TPSA) is 91.3 Å². The summed E-state index contributed by atoms with van der Waals surface area (Å²) in [6.45, 7) is 0.0557. The second-order valence-corrected chi connectivity index (χ2v) is 4.43. The second kappa shape index (κ2) is 6.21. The predicted octanol–water partition coefficient (Wildman–Crippen LogP) is 2.48. The molecule has 0 radical (unpaired) electrons. The van der Waals surface area contributed by atoms with E-state index < -0.39 is 12.0 Å². The van der Waals surface area contributed by atoms with Crippen LogP contribution in [0.1, 0.15) is 6.42 Å². The zero-order valence-electron chi connectivity index (χ0n) is 10.4. The summed E-state index contributed by atoms with van der Waals surface area (Å²) in [5.74, 6) is -0.969. The largest absolute Gasteiger partial charge is 0.481 e. The van der Waals surface area contributed by atoms with Gasteiger partial charge in [0, 0.05) is 18.1 Å². The maximum absolute atomic E-state index is 11.6. The number of anilines is 1. The fraction of sp³-hybridized carbons (Fsp3) is 0.154. The van der Waals surface area contributed by atoms with Gasteiger partial charge in [0.1, 0.15) is 0 Å². The summed E-state index contributed by atoms with van der Waals surface area (Å²) >= 11 is 6.05. The molecule has 1 aromatic carbocycles. The van der Waals surface area contributed by atoms with Gasteiger partial charge in [-0.05, 0) is 24.3 Å². The number of fused-ring (bicyclic) bond motifs is 1. The van der Waals surface area contributed by atoms with Crippen LogP contribution in [0.25, 0.3) is 10.9 Å². The van der Waals surface area contributed by atoms with Crippen molar-refractivity contribution in [3.63, 3.8) is 0 Å². The molecule has 0 saturated heterocycles. The van der Waals surface area contributed by atoms with Crippen molar-refractivity contribution in [3.8, 4) is 0 Å². The van der Waals surface area contributed by atoms with Crippen LogP contribution in [0, 0.1) is 0 Å². The van der Waals surface area contributed by atoms with Gasteiger partial charge in [0.15, 0.2) is 0 Å². The highest BCUT2D eigenvalue weighted by Crippen LogP contribution is 2.27. The molecule has 7 heteroatoms. The van der Waals surface area contributed by atoms with E-state index in [4.69, 9.17) is 16.7 Å². The van der Waals surface area contributed by atoms with Crippen molar-refractivity contribution >= 4 is 40.2 Å². The molecule has 2 amide bonds. The molecular formula is C13H12ClN3O3. The van der Waals surface area contributed by atoms with Crippen LogP contribution in [0.5, 0.6) is 0 Å². The molecule has 3 N–H and O–H groups in total. The minimum absolute atomic E-state index is 0.0557. The number of carboxylic acid groups (broad SMARTS) is 1. The molecule has 20 heavy (non-hydrogen) atoms. The van der Waals surface area contributed by atoms with Gasteiger partial charge in [-0.3, -0.25) is 9.78 Å². The van der Waals surface area contributed by atoms with E-state index in [1.54, 1.807) is 30.5 Å². The Bertz CT molecular complexity index is 660. The number of hydrogen-bond acceptors (Lipinski definition) is 3. The van der Waals surface area contributed by atoms with Crippen LogP contribution in [0.15, 0.2) is 30.5 Å². The van der Waals surface area contributed by atoms with E-state index >= 15 is 0 Å². The highest BCUT2D eigenvalue weighted by molar-refractivity contribution is 6.35. The summed E-state index contributed by atoms with van der Waals surface area (Å²) in [7, 11) is 0. The number of urea groups is 1. The molecule has 1 aromatic heterocycles. The first kappa shape index (κ1) is 14.1. The molecule has 6 nitrogen and oxygen atoms in total. The maximum Gasteiger partial charge on any atom is 0.319 e. The first-order valence-electron chi connectivity index (χ1n) is 5.88. The number of hydrogen-bond donors (Lipinski definition) is 3. The molecule has 2 rings (SSSR count). The van der Waals surface area contributed by atoms with Crippen LogP contribution in [-0.4, -0.2) is 28.6 Å². The molecule has 0 bridgehead atoms. The van der Waals surface area contributed by atoms with Crippen molar-refractivity contribution in [3.05, 3.63) is 35.5 Å². The molecule has 0 aliphatic rings. The Morgan fingerprint density at radius 2 is 2.10 bits per heavy atom. The maximum atomic E-state index is 11.6. The molecule has 0 saturated carbocycles. The highest BCUT2D eigenvalue weighted by Gasteiger charge is 2.08. The van der Waals surface area contributed by atoms with E-state index in [2.05, 4.69) is 15.6 Å². The average molecular weight is 294 g/mol. The molecule has 104 valence electrons. The summed E-state index contributed by atoms with van der Waals surface area (Å²) in [4.78, 5) is 26.2. The number of benzene rings is 1. The number of nitrogens with one attached hydrogen (secondary N) is 2. The number of halogens is 1. The highest BCUT2D eigenvalue weighted by atomic mass is 35.5. The lowest BCUT2D eigenvalue weighted by Crippen LogP contribution is -2.30. The standard InChI is InChI=1S/C13H12ClN3O3/c14-9-3-4-10(12-8(9)2-1-6-15-12)17-13(20)16-7-5-11(18)19/h1-4,6H,5,7H2,(H,18,19)(H2,16,17,20). The smallest absolute Gasteiger partial charge is 0.319 e. The van der Waals surface area contributed by atoms with Gasteiger partial charge in [0.2, 0.25) is 0 Å². The van der Waals surface area contributed by atoms with Gasteiger partial charge in [-0.1, -0.05) is 11.6 Å². The number of aromatic nitrogens is 1. The van der Waals surface area contributed by atoms with Gasteiger partial charge in [-0.25, -0.2) is 4.79 Å². The van der Waals surface area contributed by atoms with Crippen LogP contribution in [-0.2, 0) is 4.79 Å². The lowest BCUT2D eigenvalue weighted by atomic mass is 10.2. The normalized spacial score (nSPS) is 10.2. The Morgan fingerprint density at radius 3 is 2.85 bits per heavy atom. The van der Waals surface area contributed by atoms with Gasteiger partial charge in [0.25, 0.3) is 0 Å². The van der Waals surface area contributed by atoms with Crippen molar-refractivity contribution in [2.75, 3.05) is 11.9 Å². The molecule has 0 spiro atoms. The fourth-order valence-electron chi connectivity index (χ4n) is 1.69. The molecule has 0 aliphatic carbocycles. The van der Waals surface area contributed by atoms with Crippen LogP contribution in [0.2, 0.25) is 5.02 Å². The summed E-state index contributed by atoms with van der Waals surface area (Å²) < 4.78 is 0. The Morgan fingerprint density at radius 1 is 1.30 bits per heavy atom. The van der Waals surface area contributed by atoms with Gasteiger partial charge >= 0.3 is 12.0 Å². The third-order valence-corrected chi connectivity index (χ3v) is 2.92. The summed E-state index contributed by atoms with van der Waals surface area (Å²) in [6, 6.07) is 6.39. The van der Waals surface area contributed by atoms with E-state index in [1.807, 2.05) is 0 Å². The van der Waals surface area contributed by atoms with E-state index in [1.165, 1.54) is 0 Å². The number of nitrogens with zero attached hydrogens (tertiary/aromatic N) is 1. The number of carbonyl (C=O) groups excluding carboxylic acids is 1. The number of carboxylic acids is 1. The Kier molecular flexibility index (Phi) is 4.37. The molecule has 1 heterocycles. The van der Waals surface area contributed by atoms with Gasteiger partial charge in [-0.2, -0.15) is 0 Å². The number of carbonyl (C=O) groups is 2. The van der Waals surface area contributed by atoms with Crippen molar-refractivity contribution < 1.29 is 14.7 Å². The number of aliphatic carboxylic acids is 1. The first-order valence-corrected chi connectivity index (χ1v) is 6.25. The van der Waals surface area contributed by atoms with E-state index in [0.717, 1.165) is 5.39 Å². The average Bonchev–Trinajstić information content (AvgIpc) is 2.42. The minimum Gasteiger partial charge on any atom is -0.481 e. The van der Waals surface area contributed by atoms with E-state index in [-0.39, 0.29) is 13.0 Å². The zero-order valence-corrected chi connectivity index (χ0v) is 11.1. The predicted molar refractivity (Wildman–Crippen MR) is 76.0 cm³/mol. The van der Waals surface area contributed by atoms with Crippen molar-refractivity contribution in [2.45, 2.75) is 6.42 Å². The van der Waals surface area contributed by atoms with Crippen molar-refractivity contribution in [2.24, 2.45) is 0 Å². The SMILES string of the molecule is O=C(O)CCNC(=O)Nc1ccc(Cl)c2cccnc12. The Balaban J connectivity index is 2.12. The monoisotopic (exact) mass is 293 g/mol. The lowest BCUT2D eigenvalue weighted by Gasteiger charge is -2.09. The molecule has 0 atom stereocenters. The molecule has 0 aliphatic heterocycles. The van der Waals surface area contributed by atoms with Crippen LogP contribution < -0.4 is 10.6 Å². The van der Waals surface area contributed by atoms with Gasteiger partial charge < -0.3 is 15.7 Å². The fourth-order valence-corrected chi connectivity index (χ4v) is 1.90. The Hall–Kier alpha value is -2.34. The molecule has 0 fully saturated rings. The number of amides is 2.